The molecule has 0 spiro atoms. The third-order valence-corrected chi connectivity index (χ3v) is 1.91. The SMILES string of the molecule is N#C/C(=C/C(=O)O)c1ccc(C(F)(F)F)cc1.[H-].[K+]. The largest absolute Gasteiger partial charge is 1.00 e. The Morgan fingerprint density at radius 2 is 1.83 bits per heavy atom. The van der Waals surface area contributed by atoms with E-state index in [9.17, 15) is 18.0 Å². The third kappa shape index (κ3) is 4.92. The molecule has 0 fully saturated rings. The van der Waals surface area contributed by atoms with Gasteiger partial charge in [0, 0.05) is 6.08 Å². The van der Waals surface area contributed by atoms with E-state index in [1.54, 1.807) is 6.07 Å². The summed E-state index contributed by atoms with van der Waals surface area (Å²) < 4.78 is 36.7. The molecule has 0 saturated heterocycles. The van der Waals surface area contributed by atoms with Gasteiger partial charge >= 0.3 is 63.5 Å². The second-order valence-electron chi connectivity index (χ2n) is 3.08. The summed E-state index contributed by atoms with van der Waals surface area (Å²) in [7, 11) is 0. The fraction of sp³-hybridized carbons (Fsp3) is 0.0909. The maximum absolute atomic E-state index is 12.2. The first-order chi connectivity index (χ1) is 7.84. The molecule has 0 unspecified atom stereocenters. The van der Waals surface area contributed by atoms with Crippen molar-refractivity contribution in [3.8, 4) is 6.07 Å². The first-order valence-electron chi connectivity index (χ1n) is 4.37. The predicted molar refractivity (Wildman–Crippen MR) is 53.8 cm³/mol. The molecule has 18 heavy (non-hydrogen) atoms. The van der Waals surface area contributed by atoms with Gasteiger partial charge in [0.05, 0.1) is 11.1 Å². The van der Waals surface area contributed by atoms with Gasteiger partial charge in [0.15, 0.2) is 0 Å². The molecule has 0 amide bonds. The summed E-state index contributed by atoms with van der Waals surface area (Å²) in [5.41, 5.74) is -0.928. The zero-order valence-electron chi connectivity index (χ0n) is 10.3. The molecule has 0 bridgehead atoms. The maximum Gasteiger partial charge on any atom is 1.00 e. The van der Waals surface area contributed by atoms with Gasteiger partial charge in [0.25, 0.3) is 0 Å². The van der Waals surface area contributed by atoms with E-state index < -0.39 is 17.7 Å². The average Bonchev–Trinajstić information content (AvgIpc) is 2.24. The number of carboxylic acids is 1. The summed E-state index contributed by atoms with van der Waals surface area (Å²) in [4.78, 5) is 10.4. The number of rotatable bonds is 2. The Hall–Kier alpha value is -0.654. The maximum atomic E-state index is 12.2. The van der Waals surface area contributed by atoms with Crippen LogP contribution in [0.15, 0.2) is 30.3 Å². The Morgan fingerprint density at radius 1 is 1.33 bits per heavy atom. The van der Waals surface area contributed by atoms with Crippen molar-refractivity contribution in [2.75, 3.05) is 0 Å². The first kappa shape index (κ1) is 17.3. The number of nitrogens with zero attached hydrogens (tertiary/aromatic N) is 1. The van der Waals surface area contributed by atoms with Gasteiger partial charge < -0.3 is 6.53 Å². The summed E-state index contributed by atoms with van der Waals surface area (Å²) >= 11 is 0. The van der Waals surface area contributed by atoms with Crippen LogP contribution in [0.3, 0.4) is 0 Å². The Balaban J connectivity index is 0. The molecular formula is C11H7F3KNO2. The average molecular weight is 281 g/mol. The number of hydrogen-bond acceptors (Lipinski definition) is 2. The van der Waals surface area contributed by atoms with Gasteiger partial charge in [0.1, 0.15) is 6.07 Å². The predicted octanol–water partition coefficient (Wildman–Crippen LogP) is -0.187. The Bertz CT molecular complexity index is 506. The monoisotopic (exact) mass is 281 g/mol. The fourth-order valence-electron chi connectivity index (χ4n) is 1.14. The summed E-state index contributed by atoms with van der Waals surface area (Å²) in [6.07, 6.45) is -3.82. The van der Waals surface area contributed by atoms with Crippen molar-refractivity contribution < 1.29 is 75.9 Å². The van der Waals surface area contributed by atoms with E-state index in [2.05, 4.69) is 0 Å². The van der Waals surface area contributed by atoms with E-state index in [-0.39, 0.29) is 63.9 Å². The molecule has 0 heterocycles. The number of carboxylic acid groups (broad SMARTS) is 1. The van der Waals surface area contributed by atoms with Crippen molar-refractivity contribution in [3.05, 3.63) is 41.5 Å². The number of hydrogen-bond donors (Lipinski definition) is 1. The van der Waals surface area contributed by atoms with Gasteiger partial charge in [-0.1, -0.05) is 12.1 Å². The molecule has 0 aliphatic heterocycles. The molecule has 90 valence electrons. The van der Waals surface area contributed by atoms with E-state index in [1.807, 2.05) is 0 Å². The van der Waals surface area contributed by atoms with Crippen LogP contribution in [-0.2, 0) is 11.0 Å². The molecule has 1 N–H and O–H groups in total. The van der Waals surface area contributed by atoms with Crippen LogP contribution in [0, 0.1) is 11.3 Å². The number of nitriles is 1. The van der Waals surface area contributed by atoms with Gasteiger partial charge in [-0.05, 0) is 17.7 Å². The van der Waals surface area contributed by atoms with Crippen LogP contribution >= 0.6 is 0 Å². The fourth-order valence-corrected chi connectivity index (χ4v) is 1.14. The Labute approximate surface area is 145 Å². The van der Waals surface area contributed by atoms with Crippen molar-refractivity contribution in [1.82, 2.24) is 0 Å². The summed E-state index contributed by atoms with van der Waals surface area (Å²) in [5.74, 6) is -1.33. The zero-order valence-corrected chi connectivity index (χ0v) is 12.4. The first-order valence-corrected chi connectivity index (χ1v) is 4.37. The number of carbonyl (C=O) groups is 1. The Kier molecular flexibility index (Phi) is 6.81. The molecule has 0 aliphatic carbocycles. The molecule has 0 aliphatic rings. The number of halogens is 3. The van der Waals surface area contributed by atoms with Crippen molar-refractivity contribution in [3.63, 3.8) is 0 Å². The van der Waals surface area contributed by atoms with Crippen LogP contribution in [0.4, 0.5) is 13.2 Å². The van der Waals surface area contributed by atoms with Crippen LogP contribution in [-0.4, -0.2) is 11.1 Å². The van der Waals surface area contributed by atoms with Crippen LogP contribution in [0.5, 0.6) is 0 Å². The molecular weight excluding hydrogens is 274 g/mol. The number of aliphatic carboxylic acids is 1. The summed E-state index contributed by atoms with van der Waals surface area (Å²) in [6.45, 7) is 0. The van der Waals surface area contributed by atoms with E-state index in [0.717, 1.165) is 24.3 Å². The standard InChI is InChI=1S/C11H6F3NO2.K.H/c12-11(13,14)9-3-1-7(2-4-9)8(6-15)5-10(16)17;;/h1-5H,(H,16,17);;/q;+1;-1/b8-5-;;. The molecule has 0 radical (unpaired) electrons. The quantitative estimate of drug-likeness (QED) is 0.464. The van der Waals surface area contributed by atoms with Gasteiger partial charge in [0.2, 0.25) is 0 Å². The zero-order chi connectivity index (χ0) is 13.1. The third-order valence-electron chi connectivity index (χ3n) is 1.91. The molecule has 1 aromatic rings. The van der Waals surface area contributed by atoms with Crippen molar-refractivity contribution in [1.29, 1.82) is 5.26 Å². The Morgan fingerprint density at radius 3 is 2.17 bits per heavy atom. The second-order valence-corrected chi connectivity index (χ2v) is 3.08. The van der Waals surface area contributed by atoms with Gasteiger partial charge in [-0.3, -0.25) is 0 Å². The van der Waals surface area contributed by atoms with E-state index in [4.69, 9.17) is 10.4 Å². The molecule has 1 rings (SSSR count). The van der Waals surface area contributed by atoms with Gasteiger partial charge in [-0.25, -0.2) is 4.79 Å². The molecule has 0 aromatic heterocycles. The summed E-state index contributed by atoms with van der Waals surface area (Å²) in [6, 6.07) is 5.31. The van der Waals surface area contributed by atoms with Crippen LogP contribution < -0.4 is 51.4 Å². The van der Waals surface area contributed by atoms with E-state index in [1.165, 1.54) is 0 Å². The van der Waals surface area contributed by atoms with Crippen LogP contribution in [0.2, 0.25) is 0 Å². The van der Waals surface area contributed by atoms with Gasteiger partial charge in [-0.15, -0.1) is 0 Å². The molecule has 0 atom stereocenters. The minimum Gasteiger partial charge on any atom is -1.00 e. The van der Waals surface area contributed by atoms with Crippen molar-refractivity contribution in [2.24, 2.45) is 0 Å². The molecule has 0 saturated carbocycles. The van der Waals surface area contributed by atoms with Crippen LogP contribution in [0.25, 0.3) is 5.57 Å². The van der Waals surface area contributed by atoms with Crippen molar-refractivity contribution >= 4 is 11.5 Å². The number of benzene rings is 1. The van der Waals surface area contributed by atoms with E-state index >= 15 is 0 Å². The molecule has 1 aromatic carbocycles. The molecule has 3 nitrogen and oxygen atoms in total. The minimum absolute atomic E-state index is 0. The van der Waals surface area contributed by atoms with Gasteiger partial charge in [-0.2, -0.15) is 18.4 Å². The van der Waals surface area contributed by atoms with Crippen molar-refractivity contribution in [2.45, 2.75) is 6.18 Å². The minimum atomic E-state index is -4.46. The number of allylic oxidation sites excluding steroid dienone is 1. The summed E-state index contributed by atoms with van der Waals surface area (Å²) in [5, 5.41) is 17.1. The second kappa shape index (κ2) is 7.06. The van der Waals surface area contributed by atoms with Crippen LogP contribution in [0.1, 0.15) is 12.6 Å². The molecule has 7 heteroatoms. The number of alkyl halides is 3. The normalized spacial score (nSPS) is 11.3. The topological polar surface area (TPSA) is 61.1 Å². The van der Waals surface area contributed by atoms with E-state index in [0.29, 0.717) is 6.08 Å². The smallest absolute Gasteiger partial charge is 1.00 e.